The normalized spacial score (nSPS) is 20.2. The van der Waals surface area contributed by atoms with Crippen LogP contribution < -0.4 is 5.73 Å². The van der Waals surface area contributed by atoms with Gasteiger partial charge in [-0.3, -0.25) is 0 Å². The van der Waals surface area contributed by atoms with E-state index in [-0.39, 0.29) is 11.7 Å². The van der Waals surface area contributed by atoms with Gasteiger partial charge in [-0.2, -0.15) is 0 Å². The quantitative estimate of drug-likeness (QED) is 0.865. The maximum absolute atomic E-state index is 12.5. The van der Waals surface area contributed by atoms with Crippen molar-refractivity contribution in [1.82, 2.24) is 0 Å². The van der Waals surface area contributed by atoms with E-state index in [4.69, 9.17) is 5.73 Å². The molecule has 0 spiro atoms. The first-order chi connectivity index (χ1) is 9.13. The van der Waals surface area contributed by atoms with Gasteiger partial charge in [0.15, 0.2) is 9.84 Å². The lowest BCUT2D eigenvalue weighted by molar-refractivity contribution is 0.595. The SMILES string of the molecule is NC[C@@H]1c2ccccc2CS(=O)(=O)c2ccccc21. The molecule has 1 heterocycles. The predicted molar refractivity (Wildman–Crippen MR) is 74.7 cm³/mol. The van der Waals surface area contributed by atoms with Crippen LogP contribution in [0.5, 0.6) is 0 Å². The summed E-state index contributed by atoms with van der Waals surface area (Å²) in [4.78, 5) is 0.418. The molecule has 0 radical (unpaired) electrons. The van der Waals surface area contributed by atoms with Crippen LogP contribution in [0.15, 0.2) is 53.4 Å². The second kappa shape index (κ2) is 4.47. The Balaban J connectivity index is 2.35. The maximum atomic E-state index is 12.5. The van der Waals surface area contributed by atoms with Crippen molar-refractivity contribution in [1.29, 1.82) is 0 Å². The van der Waals surface area contributed by atoms with Crippen molar-refractivity contribution in [3.05, 3.63) is 65.2 Å². The van der Waals surface area contributed by atoms with Gasteiger partial charge in [0.25, 0.3) is 0 Å². The van der Waals surface area contributed by atoms with Crippen LogP contribution in [0.25, 0.3) is 0 Å². The van der Waals surface area contributed by atoms with Crippen molar-refractivity contribution in [3.8, 4) is 0 Å². The van der Waals surface area contributed by atoms with Gasteiger partial charge < -0.3 is 5.73 Å². The number of benzene rings is 2. The molecule has 98 valence electrons. The highest BCUT2D eigenvalue weighted by Crippen LogP contribution is 2.36. The van der Waals surface area contributed by atoms with Crippen LogP contribution in [0, 0.1) is 0 Å². The molecule has 0 fully saturated rings. The molecule has 1 aliphatic heterocycles. The number of hydrogen-bond acceptors (Lipinski definition) is 3. The van der Waals surface area contributed by atoms with Crippen LogP contribution in [-0.4, -0.2) is 15.0 Å². The minimum Gasteiger partial charge on any atom is -0.330 e. The monoisotopic (exact) mass is 273 g/mol. The molecule has 0 unspecified atom stereocenters. The molecule has 0 amide bonds. The van der Waals surface area contributed by atoms with E-state index in [1.807, 2.05) is 36.4 Å². The number of sulfone groups is 1. The standard InChI is InChI=1S/C15H15NO2S/c16-9-14-12-6-2-1-5-11(12)10-19(17,18)15-8-4-3-7-13(14)15/h1-8,14H,9-10,16H2/t14-/m1/s1. The fraction of sp³-hybridized carbons (Fsp3) is 0.200. The Morgan fingerprint density at radius 3 is 2.37 bits per heavy atom. The zero-order chi connectivity index (χ0) is 13.5. The lowest BCUT2D eigenvalue weighted by Gasteiger charge is -2.17. The molecule has 2 N–H and O–H groups in total. The minimum absolute atomic E-state index is 0.0512. The summed E-state index contributed by atoms with van der Waals surface area (Å²) in [5, 5.41) is 0. The summed E-state index contributed by atoms with van der Waals surface area (Å²) in [5.41, 5.74) is 8.59. The molecule has 1 atom stereocenters. The summed E-state index contributed by atoms with van der Waals surface area (Å²) >= 11 is 0. The highest BCUT2D eigenvalue weighted by atomic mass is 32.2. The molecule has 2 aromatic carbocycles. The van der Waals surface area contributed by atoms with Crippen LogP contribution in [-0.2, 0) is 15.6 Å². The van der Waals surface area contributed by atoms with Crippen LogP contribution in [0.4, 0.5) is 0 Å². The van der Waals surface area contributed by atoms with E-state index >= 15 is 0 Å². The van der Waals surface area contributed by atoms with E-state index in [0.29, 0.717) is 11.4 Å². The number of rotatable bonds is 1. The Bertz CT molecular complexity index is 722. The molecule has 0 saturated carbocycles. The molecule has 1 aliphatic rings. The zero-order valence-corrected chi connectivity index (χ0v) is 11.2. The third kappa shape index (κ3) is 1.97. The fourth-order valence-electron chi connectivity index (χ4n) is 2.76. The van der Waals surface area contributed by atoms with Crippen molar-refractivity contribution in [2.75, 3.05) is 6.54 Å². The Hall–Kier alpha value is -1.65. The molecule has 19 heavy (non-hydrogen) atoms. The van der Waals surface area contributed by atoms with Gasteiger partial charge in [0, 0.05) is 12.5 Å². The van der Waals surface area contributed by atoms with Gasteiger partial charge in [-0.1, -0.05) is 42.5 Å². The average Bonchev–Trinajstić information content (AvgIpc) is 2.50. The van der Waals surface area contributed by atoms with Gasteiger partial charge in [-0.15, -0.1) is 0 Å². The number of hydrogen-bond donors (Lipinski definition) is 1. The third-order valence-corrected chi connectivity index (χ3v) is 5.37. The molecule has 3 rings (SSSR count). The highest BCUT2D eigenvalue weighted by Gasteiger charge is 2.30. The Morgan fingerprint density at radius 2 is 1.63 bits per heavy atom. The minimum atomic E-state index is -3.29. The van der Waals surface area contributed by atoms with Crippen molar-refractivity contribution >= 4 is 9.84 Å². The second-order valence-electron chi connectivity index (χ2n) is 4.78. The molecule has 0 aliphatic carbocycles. The van der Waals surface area contributed by atoms with Crippen molar-refractivity contribution < 1.29 is 8.42 Å². The van der Waals surface area contributed by atoms with Crippen LogP contribution in [0.1, 0.15) is 22.6 Å². The molecule has 0 bridgehead atoms. The average molecular weight is 273 g/mol. The highest BCUT2D eigenvalue weighted by molar-refractivity contribution is 7.90. The van der Waals surface area contributed by atoms with Gasteiger partial charge in [0.1, 0.15) is 0 Å². The summed E-state index contributed by atoms with van der Waals surface area (Å²) in [7, 11) is -3.29. The maximum Gasteiger partial charge on any atom is 0.182 e. The predicted octanol–water partition coefficient (Wildman–Crippen LogP) is 2.06. The first-order valence-corrected chi connectivity index (χ1v) is 7.88. The molecular weight excluding hydrogens is 258 g/mol. The molecule has 0 aromatic heterocycles. The van der Waals surface area contributed by atoms with E-state index < -0.39 is 9.84 Å². The van der Waals surface area contributed by atoms with Crippen molar-refractivity contribution in [3.63, 3.8) is 0 Å². The molecule has 3 nitrogen and oxygen atoms in total. The van der Waals surface area contributed by atoms with Gasteiger partial charge in [0.05, 0.1) is 10.6 Å². The lowest BCUT2D eigenvalue weighted by Crippen LogP contribution is -2.15. The lowest BCUT2D eigenvalue weighted by atomic mass is 9.89. The fourth-order valence-corrected chi connectivity index (χ4v) is 4.44. The summed E-state index contributed by atoms with van der Waals surface area (Å²) < 4.78 is 25.0. The number of nitrogens with two attached hydrogens (primary N) is 1. The topological polar surface area (TPSA) is 60.2 Å². The Labute approximate surface area is 113 Å². The summed E-state index contributed by atoms with van der Waals surface area (Å²) in [6.07, 6.45) is 0. The van der Waals surface area contributed by atoms with E-state index in [0.717, 1.165) is 16.7 Å². The van der Waals surface area contributed by atoms with Crippen molar-refractivity contribution in [2.45, 2.75) is 16.6 Å². The second-order valence-corrected chi connectivity index (χ2v) is 6.74. The van der Waals surface area contributed by atoms with Gasteiger partial charge in [-0.25, -0.2) is 8.42 Å². The van der Waals surface area contributed by atoms with E-state index in [9.17, 15) is 8.42 Å². The van der Waals surface area contributed by atoms with Crippen LogP contribution in [0.3, 0.4) is 0 Å². The molecule has 4 heteroatoms. The number of fused-ring (bicyclic) bond motifs is 2. The van der Waals surface area contributed by atoms with Gasteiger partial charge in [0.2, 0.25) is 0 Å². The zero-order valence-electron chi connectivity index (χ0n) is 10.4. The smallest absolute Gasteiger partial charge is 0.182 e. The summed E-state index contributed by atoms with van der Waals surface area (Å²) in [6.45, 7) is 0.406. The third-order valence-electron chi connectivity index (χ3n) is 3.64. The van der Waals surface area contributed by atoms with E-state index in [1.54, 1.807) is 12.1 Å². The first kappa shape index (κ1) is 12.4. The Morgan fingerprint density at radius 1 is 1.00 bits per heavy atom. The molecular formula is C15H15NO2S. The Kier molecular flexibility index (Phi) is 2.92. The summed E-state index contributed by atoms with van der Waals surface area (Å²) in [6, 6.07) is 14.8. The van der Waals surface area contributed by atoms with Crippen molar-refractivity contribution in [2.24, 2.45) is 5.73 Å². The largest absolute Gasteiger partial charge is 0.330 e. The van der Waals surface area contributed by atoms with E-state index in [1.165, 1.54) is 0 Å². The van der Waals surface area contributed by atoms with E-state index in [2.05, 4.69) is 0 Å². The molecule has 0 saturated heterocycles. The summed E-state index contributed by atoms with van der Waals surface area (Å²) in [5.74, 6) is 0.00104. The first-order valence-electron chi connectivity index (χ1n) is 6.23. The van der Waals surface area contributed by atoms with Crippen LogP contribution >= 0.6 is 0 Å². The van der Waals surface area contributed by atoms with Crippen LogP contribution in [0.2, 0.25) is 0 Å². The molecule has 2 aromatic rings. The van der Waals surface area contributed by atoms with Gasteiger partial charge >= 0.3 is 0 Å². The van der Waals surface area contributed by atoms with Gasteiger partial charge in [-0.05, 0) is 22.8 Å².